The Bertz CT molecular complexity index is 1820. The summed E-state index contributed by atoms with van der Waals surface area (Å²) in [5.74, 6) is 0.387. The Morgan fingerprint density at radius 1 is 0.977 bits per heavy atom. The second kappa shape index (κ2) is 10.3. The van der Waals surface area contributed by atoms with Gasteiger partial charge in [0.25, 0.3) is 0 Å². The number of hydrogen-bond acceptors (Lipinski definition) is 8. The minimum absolute atomic E-state index is 0.0920. The van der Waals surface area contributed by atoms with Crippen molar-refractivity contribution in [3.8, 4) is 17.2 Å². The van der Waals surface area contributed by atoms with Gasteiger partial charge in [0.2, 0.25) is 5.95 Å². The molecule has 11 nitrogen and oxygen atoms in total. The molecule has 2 aliphatic rings. The maximum absolute atomic E-state index is 14.4. The van der Waals surface area contributed by atoms with Gasteiger partial charge < -0.3 is 15.1 Å². The fourth-order valence-electron chi connectivity index (χ4n) is 5.48. The number of anilines is 3. The number of urea groups is 1. The molecule has 218 valence electrons. The highest BCUT2D eigenvalue weighted by Gasteiger charge is 2.38. The number of carbonyl (C=O) groups is 1. The third kappa shape index (κ3) is 4.78. The zero-order valence-corrected chi connectivity index (χ0v) is 23.0. The van der Waals surface area contributed by atoms with Crippen LogP contribution in [0.25, 0.3) is 28.2 Å². The average molecular weight is 587 g/mol. The third-order valence-electron chi connectivity index (χ3n) is 7.56. The molecule has 0 unspecified atom stereocenters. The number of pyridine rings is 2. The van der Waals surface area contributed by atoms with E-state index in [1.807, 2.05) is 0 Å². The van der Waals surface area contributed by atoms with Gasteiger partial charge in [-0.05, 0) is 36.4 Å². The first-order chi connectivity index (χ1) is 20.8. The van der Waals surface area contributed by atoms with Gasteiger partial charge in [0.05, 0.1) is 34.7 Å². The number of rotatable bonds is 4. The Labute approximate surface area is 243 Å². The van der Waals surface area contributed by atoms with E-state index in [2.05, 4.69) is 25.4 Å². The molecule has 0 radical (unpaired) electrons. The predicted octanol–water partition coefficient (Wildman–Crippen LogP) is 4.40. The molecule has 2 amide bonds. The predicted molar refractivity (Wildman–Crippen MR) is 153 cm³/mol. The Hall–Kier alpha value is -5.11. The highest BCUT2D eigenvalue weighted by Crippen LogP contribution is 2.43. The Morgan fingerprint density at radius 2 is 1.77 bits per heavy atom. The van der Waals surface area contributed by atoms with Crippen molar-refractivity contribution in [1.29, 1.82) is 0 Å². The molecule has 4 aromatic heterocycles. The molecule has 0 spiro atoms. The van der Waals surface area contributed by atoms with E-state index in [0.29, 0.717) is 65.7 Å². The quantitative estimate of drug-likeness (QED) is 0.330. The number of carbonyl (C=O) groups excluding carboxylic acids is 1. The lowest BCUT2D eigenvalue weighted by Gasteiger charge is -2.36. The summed E-state index contributed by atoms with van der Waals surface area (Å²) in [5.41, 5.74) is 2.45. The van der Waals surface area contributed by atoms with E-state index in [9.17, 15) is 18.0 Å². The number of nitrogens with one attached hydrogen (secondary N) is 1. The zero-order valence-electron chi connectivity index (χ0n) is 23.0. The summed E-state index contributed by atoms with van der Waals surface area (Å²) in [4.78, 5) is 36.2. The van der Waals surface area contributed by atoms with Gasteiger partial charge in [-0.1, -0.05) is 0 Å². The van der Waals surface area contributed by atoms with Gasteiger partial charge in [0.1, 0.15) is 5.52 Å². The summed E-state index contributed by atoms with van der Waals surface area (Å²) in [6, 6.07) is 8.88. The molecule has 1 aromatic carbocycles. The van der Waals surface area contributed by atoms with Crippen molar-refractivity contribution in [2.75, 3.05) is 43.0 Å². The summed E-state index contributed by atoms with van der Waals surface area (Å²) in [7, 11) is 1.60. The number of alkyl halides is 3. The molecule has 5 aromatic rings. The summed E-state index contributed by atoms with van der Waals surface area (Å²) < 4.78 is 44.8. The van der Waals surface area contributed by atoms with E-state index in [1.165, 1.54) is 20.5 Å². The number of fused-ring (bicyclic) bond motifs is 3. The van der Waals surface area contributed by atoms with Gasteiger partial charge in [-0.3, -0.25) is 9.88 Å². The van der Waals surface area contributed by atoms with E-state index in [-0.39, 0.29) is 17.9 Å². The molecule has 0 atom stereocenters. The number of benzene rings is 1. The molecule has 43 heavy (non-hydrogen) atoms. The Balaban J connectivity index is 1.35. The Morgan fingerprint density at radius 3 is 2.49 bits per heavy atom. The molecule has 1 N–H and O–H groups in total. The van der Waals surface area contributed by atoms with Crippen LogP contribution < -0.4 is 15.1 Å². The summed E-state index contributed by atoms with van der Waals surface area (Å²) >= 11 is 0. The molecule has 2 aliphatic heterocycles. The maximum atomic E-state index is 14.4. The number of hydrogen-bond donors (Lipinski definition) is 1. The average Bonchev–Trinajstić information content (AvgIpc) is 3.57. The van der Waals surface area contributed by atoms with Crippen LogP contribution in [-0.4, -0.2) is 73.9 Å². The van der Waals surface area contributed by atoms with E-state index in [4.69, 9.17) is 4.98 Å². The van der Waals surface area contributed by atoms with E-state index < -0.39 is 17.8 Å². The van der Waals surface area contributed by atoms with Crippen LogP contribution in [0, 0.1) is 0 Å². The van der Waals surface area contributed by atoms with Crippen LogP contribution in [0.2, 0.25) is 0 Å². The number of piperazine rings is 1. The Kier molecular flexibility index (Phi) is 6.42. The number of nitrogens with zero attached hydrogens (tertiary/aromatic N) is 9. The summed E-state index contributed by atoms with van der Waals surface area (Å²) in [6.07, 6.45) is 3.59. The van der Waals surface area contributed by atoms with Gasteiger partial charge in [-0.2, -0.15) is 18.3 Å². The van der Waals surface area contributed by atoms with E-state index in [1.54, 1.807) is 67.2 Å². The molecular formula is C29H25F3N10O. The lowest BCUT2D eigenvalue weighted by Crippen LogP contribution is -2.44. The molecule has 0 saturated carbocycles. The number of halogens is 3. The standard InChI is InChI=1S/C29H25F3N10O/c1-39-17-19-16-34-23-5-4-22(18-14-35-27(36-15-18)41-10-2-7-37-41)38-25(23)26(19)42(28(39)43)20-3-6-24(21(13-20)29(30,31)32)40-11-8-33-9-12-40/h2-7,10,13-16,33H,8-9,11-12,17H2,1H3. The molecule has 7 rings (SSSR count). The normalized spacial score (nSPS) is 15.7. The van der Waals surface area contributed by atoms with Crippen LogP contribution in [0.4, 0.5) is 35.0 Å². The van der Waals surface area contributed by atoms with Crippen LogP contribution in [0.15, 0.2) is 67.4 Å². The molecule has 14 heteroatoms. The molecule has 0 aliphatic carbocycles. The monoisotopic (exact) mass is 586 g/mol. The van der Waals surface area contributed by atoms with Gasteiger partial charge in [0.15, 0.2) is 0 Å². The topological polar surface area (TPSA) is 108 Å². The first kappa shape index (κ1) is 26.8. The van der Waals surface area contributed by atoms with Crippen LogP contribution in [-0.2, 0) is 12.7 Å². The van der Waals surface area contributed by atoms with Crippen LogP contribution in [0.3, 0.4) is 0 Å². The largest absolute Gasteiger partial charge is 0.418 e. The minimum atomic E-state index is -4.63. The first-order valence-electron chi connectivity index (χ1n) is 13.6. The van der Waals surface area contributed by atoms with Gasteiger partial charge in [-0.15, -0.1) is 0 Å². The van der Waals surface area contributed by atoms with E-state index in [0.717, 1.165) is 6.07 Å². The zero-order chi connectivity index (χ0) is 29.7. The van der Waals surface area contributed by atoms with Gasteiger partial charge in [-0.25, -0.2) is 24.4 Å². The van der Waals surface area contributed by atoms with Crippen molar-refractivity contribution in [3.05, 3.63) is 78.5 Å². The SMILES string of the molecule is CN1Cc2cnc3ccc(-c4cnc(-n5cccn5)nc4)nc3c2N(c2ccc(N3CCNCC3)c(C(F)(F)F)c2)C1=O. The van der Waals surface area contributed by atoms with Crippen molar-refractivity contribution in [2.45, 2.75) is 12.7 Å². The number of aromatic nitrogens is 6. The van der Waals surface area contributed by atoms with Crippen molar-refractivity contribution >= 4 is 34.1 Å². The first-order valence-corrected chi connectivity index (χ1v) is 13.6. The maximum Gasteiger partial charge on any atom is 0.418 e. The van der Waals surface area contributed by atoms with Crippen molar-refractivity contribution in [3.63, 3.8) is 0 Å². The van der Waals surface area contributed by atoms with Crippen LogP contribution >= 0.6 is 0 Å². The second-order valence-corrected chi connectivity index (χ2v) is 10.3. The van der Waals surface area contributed by atoms with Gasteiger partial charge >= 0.3 is 12.2 Å². The second-order valence-electron chi connectivity index (χ2n) is 10.3. The van der Waals surface area contributed by atoms with Crippen molar-refractivity contribution in [2.24, 2.45) is 0 Å². The molecule has 6 heterocycles. The summed E-state index contributed by atoms with van der Waals surface area (Å²) in [6.45, 7) is 2.31. The molecule has 0 bridgehead atoms. The van der Waals surface area contributed by atoms with E-state index >= 15 is 0 Å². The summed E-state index contributed by atoms with van der Waals surface area (Å²) in [5, 5.41) is 7.30. The fourth-order valence-corrected chi connectivity index (χ4v) is 5.48. The van der Waals surface area contributed by atoms with Crippen molar-refractivity contribution < 1.29 is 18.0 Å². The molecular weight excluding hydrogens is 561 g/mol. The smallest absolute Gasteiger partial charge is 0.368 e. The lowest BCUT2D eigenvalue weighted by atomic mass is 10.0. The van der Waals surface area contributed by atoms with Crippen molar-refractivity contribution in [1.82, 2.24) is 39.9 Å². The lowest BCUT2D eigenvalue weighted by molar-refractivity contribution is -0.137. The third-order valence-corrected chi connectivity index (χ3v) is 7.56. The number of amides is 2. The highest BCUT2D eigenvalue weighted by molar-refractivity contribution is 6.08. The highest BCUT2D eigenvalue weighted by atomic mass is 19.4. The van der Waals surface area contributed by atoms with Crippen LogP contribution in [0.1, 0.15) is 11.1 Å². The molecule has 1 fully saturated rings. The fraction of sp³-hybridized carbons (Fsp3) is 0.241. The van der Waals surface area contributed by atoms with Gasteiger partial charge in [0, 0.05) is 81.0 Å². The van der Waals surface area contributed by atoms with Crippen LogP contribution in [0.5, 0.6) is 0 Å². The minimum Gasteiger partial charge on any atom is -0.368 e. The molecule has 1 saturated heterocycles.